The van der Waals surface area contributed by atoms with Crippen molar-refractivity contribution >= 4 is 25.3 Å². The molecule has 0 saturated carbocycles. The lowest BCUT2D eigenvalue weighted by atomic mass is 10.4. The summed E-state index contributed by atoms with van der Waals surface area (Å²) in [4.78, 5) is 0. The molecule has 1 aliphatic heterocycles. The minimum absolute atomic E-state index is 0.450. The summed E-state index contributed by atoms with van der Waals surface area (Å²) in [6.45, 7) is 0. The predicted octanol–water partition coefficient (Wildman–Crippen LogP) is 1.17. The predicted molar refractivity (Wildman–Crippen MR) is 42.1 cm³/mol. The molecule has 0 aromatic heterocycles. The molecule has 1 N–H and O–H groups in total. The Bertz CT molecular complexity index is 137. The van der Waals surface area contributed by atoms with E-state index in [4.69, 9.17) is 0 Å². The average molecular weight is 145 g/mol. The number of dihydropyridines is 1. The fraction of sp³-hybridized carbons (Fsp3) is 0.200. The van der Waals surface area contributed by atoms with Crippen LogP contribution in [0.3, 0.4) is 0 Å². The molecule has 0 bridgehead atoms. The maximum Gasteiger partial charge on any atom is 0.144 e. The van der Waals surface area contributed by atoms with Crippen LogP contribution in [-0.4, -0.2) is 4.20 Å². The zero-order valence-electron chi connectivity index (χ0n) is 4.20. The van der Waals surface area contributed by atoms with Crippen molar-refractivity contribution in [1.29, 1.82) is 0 Å². The Labute approximate surface area is 59.7 Å². The Hall–Kier alpha value is -0.0200. The normalized spacial score (nSPS) is 22.8. The Morgan fingerprint density at radius 3 is 2.25 bits per heavy atom. The molecule has 0 unspecified atom stereocenters. The van der Waals surface area contributed by atoms with Crippen LogP contribution in [0.4, 0.5) is 0 Å². The third-order valence-electron chi connectivity index (χ3n) is 0.832. The van der Waals surface area contributed by atoms with Gasteiger partial charge < -0.3 is 5.32 Å². The molecule has 1 heterocycles. The SMILES string of the molecule is SC1(S)C=CC=CN1. The van der Waals surface area contributed by atoms with E-state index < -0.39 is 4.20 Å². The van der Waals surface area contributed by atoms with E-state index in [-0.39, 0.29) is 0 Å². The molecule has 0 amide bonds. The van der Waals surface area contributed by atoms with Crippen LogP contribution in [-0.2, 0) is 0 Å². The summed E-state index contributed by atoms with van der Waals surface area (Å²) >= 11 is 8.27. The van der Waals surface area contributed by atoms with E-state index in [1.165, 1.54) is 0 Å². The molecular formula is C5H7NS2. The van der Waals surface area contributed by atoms with Gasteiger partial charge in [0.2, 0.25) is 0 Å². The molecule has 0 radical (unpaired) electrons. The van der Waals surface area contributed by atoms with Crippen LogP contribution in [0.15, 0.2) is 24.4 Å². The largest absolute Gasteiger partial charge is 0.366 e. The Kier molecular flexibility index (Phi) is 1.58. The molecule has 0 fully saturated rings. The fourth-order valence-corrected chi connectivity index (χ4v) is 0.785. The number of nitrogens with one attached hydrogen (secondary N) is 1. The summed E-state index contributed by atoms with van der Waals surface area (Å²) < 4.78 is -0.450. The summed E-state index contributed by atoms with van der Waals surface area (Å²) in [5.74, 6) is 0. The monoisotopic (exact) mass is 145 g/mol. The molecule has 1 nitrogen and oxygen atoms in total. The van der Waals surface area contributed by atoms with Crippen molar-refractivity contribution in [2.75, 3.05) is 0 Å². The van der Waals surface area contributed by atoms with Crippen molar-refractivity contribution in [3.8, 4) is 0 Å². The summed E-state index contributed by atoms with van der Waals surface area (Å²) in [5, 5.41) is 2.92. The van der Waals surface area contributed by atoms with Gasteiger partial charge in [-0.2, -0.15) is 0 Å². The third-order valence-corrected chi connectivity index (χ3v) is 1.39. The minimum atomic E-state index is -0.450. The second-order valence-electron chi connectivity index (χ2n) is 1.59. The third kappa shape index (κ3) is 1.49. The van der Waals surface area contributed by atoms with Crippen molar-refractivity contribution in [3.05, 3.63) is 24.4 Å². The number of hydrogen-bond donors (Lipinski definition) is 3. The first-order chi connectivity index (χ1) is 3.71. The molecule has 8 heavy (non-hydrogen) atoms. The number of thiol groups is 2. The zero-order chi connectivity index (χ0) is 6.04. The smallest absolute Gasteiger partial charge is 0.144 e. The number of hydrogen-bond acceptors (Lipinski definition) is 3. The molecule has 0 aromatic carbocycles. The van der Waals surface area contributed by atoms with Gasteiger partial charge in [0.1, 0.15) is 4.20 Å². The second-order valence-corrected chi connectivity index (χ2v) is 3.35. The van der Waals surface area contributed by atoms with Crippen LogP contribution in [0, 0.1) is 0 Å². The quantitative estimate of drug-likeness (QED) is 0.343. The van der Waals surface area contributed by atoms with E-state index in [1.807, 2.05) is 18.2 Å². The topological polar surface area (TPSA) is 12.0 Å². The molecule has 3 heteroatoms. The Morgan fingerprint density at radius 1 is 1.25 bits per heavy atom. The van der Waals surface area contributed by atoms with E-state index in [0.717, 1.165) is 0 Å². The fourth-order valence-electron chi connectivity index (χ4n) is 0.464. The van der Waals surface area contributed by atoms with Crippen LogP contribution in [0.2, 0.25) is 0 Å². The van der Waals surface area contributed by atoms with E-state index in [2.05, 4.69) is 30.6 Å². The summed E-state index contributed by atoms with van der Waals surface area (Å²) in [6, 6.07) is 0. The zero-order valence-corrected chi connectivity index (χ0v) is 5.99. The van der Waals surface area contributed by atoms with E-state index in [0.29, 0.717) is 0 Å². The van der Waals surface area contributed by atoms with E-state index >= 15 is 0 Å². The number of allylic oxidation sites excluding steroid dienone is 2. The first kappa shape index (κ1) is 6.11. The molecule has 0 atom stereocenters. The second kappa shape index (κ2) is 2.07. The molecule has 0 spiro atoms. The van der Waals surface area contributed by atoms with Crippen LogP contribution < -0.4 is 5.32 Å². The van der Waals surface area contributed by atoms with Gasteiger partial charge in [-0.3, -0.25) is 0 Å². The van der Waals surface area contributed by atoms with Crippen molar-refractivity contribution < 1.29 is 0 Å². The standard InChI is InChI=1S/C5H7NS2/c7-5(8)3-1-2-4-6-5/h1-4,6-8H. The highest BCUT2D eigenvalue weighted by Gasteiger charge is 2.13. The van der Waals surface area contributed by atoms with Crippen LogP contribution in [0.5, 0.6) is 0 Å². The Balaban J connectivity index is 2.65. The summed E-state index contributed by atoms with van der Waals surface area (Å²) in [7, 11) is 0. The molecule has 1 rings (SSSR count). The van der Waals surface area contributed by atoms with Gasteiger partial charge in [-0.15, -0.1) is 25.3 Å². The van der Waals surface area contributed by atoms with Gasteiger partial charge in [0.05, 0.1) is 0 Å². The highest BCUT2D eigenvalue weighted by atomic mass is 32.2. The molecule has 0 aromatic rings. The maximum absolute atomic E-state index is 4.13. The highest BCUT2D eigenvalue weighted by Crippen LogP contribution is 2.18. The minimum Gasteiger partial charge on any atom is -0.366 e. The van der Waals surface area contributed by atoms with E-state index in [9.17, 15) is 0 Å². The van der Waals surface area contributed by atoms with Crippen molar-refractivity contribution in [2.24, 2.45) is 0 Å². The van der Waals surface area contributed by atoms with Gasteiger partial charge >= 0.3 is 0 Å². The molecule has 44 valence electrons. The molecule has 1 aliphatic rings. The summed E-state index contributed by atoms with van der Waals surface area (Å²) in [5.41, 5.74) is 0. The lowest BCUT2D eigenvalue weighted by Gasteiger charge is -2.20. The average Bonchev–Trinajstić information content (AvgIpc) is 1.65. The van der Waals surface area contributed by atoms with Crippen LogP contribution >= 0.6 is 25.3 Å². The van der Waals surface area contributed by atoms with Crippen molar-refractivity contribution in [3.63, 3.8) is 0 Å². The van der Waals surface area contributed by atoms with Gasteiger partial charge in [0, 0.05) is 0 Å². The van der Waals surface area contributed by atoms with Crippen LogP contribution in [0.25, 0.3) is 0 Å². The molecule has 0 aliphatic carbocycles. The molecular weight excluding hydrogens is 138 g/mol. The maximum atomic E-state index is 4.13. The highest BCUT2D eigenvalue weighted by molar-refractivity contribution is 8.00. The first-order valence-electron chi connectivity index (χ1n) is 2.27. The Morgan fingerprint density at radius 2 is 2.00 bits per heavy atom. The van der Waals surface area contributed by atoms with Gasteiger partial charge in [0.25, 0.3) is 0 Å². The van der Waals surface area contributed by atoms with Gasteiger partial charge in [-0.05, 0) is 18.4 Å². The van der Waals surface area contributed by atoms with Crippen molar-refractivity contribution in [2.45, 2.75) is 4.20 Å². The van der Waals surface area contributed by atoms with E-state index in [1.54, 1.807) is 6.20 Å². The summed E-state index contributed by atoms with van der Waals surface area (Å²) in [6.07, 6.45) is 7.46. The van der Waals surface area contributed by atoms with Crippen LogP contribution in [0.1, 0.15) is 0 Å². The van der Waals surface area contributed by atoms with Gasteiger partial charge in [-0.1, -0.05) is 6.08 Å². The van der Waals surface area contributed by atoms with Gasteiger partial charge in [0.15, 0.2) is 0 Å². The molecule has 0 saturated heterocycles. The van der Waals surface area contributed by atoms with Gasteiger partial charge in [-0.25, -0.2) is 0 Å². The lowest BCUT2D eigenvalue weighted by molar-refractivity contribution is 0.869. The lowest BCUT2D eigenvalue weighted by Crippen LogP contribution is -2.28. The van der Waals surface area contributed by atoms with Crippen molar-refractivity contribution in [1.82, 2.24) is 5.32 Å². The number of rotatable bonds is 0. The first-order valence-corrected chi connectivity index (χ1v) is 3.17.